The molecule has 3 nitrogen and oxygen atoms in total. The summed E-state index contributed by atoms with van der Waals surface area (Å²) in [4.78, 5) is 4.77. The molecule has 0 aliphatic rings. The van der Waals surface area contributed by atoms with Crippen LogP contribution in [0, 0.1) is 0 Å². The molecule has 0 N–H and O–H groups in total. The molecule has 0 saturated carbocycles. The molecule has 0 atom stereocenters. The van der Waals surface area contributed by atoms with Crippen molar-refractivity contribution in [1.29, 1.82) is 0 Å². The number of rotatable bonds is 4. The average Bonchev–Trinajstić information content (AvgIpc) is 3.16. The predicted octanol–water partition coefficient (Wildman–Crippen LogP) is 5.51. The largest absolute Gasteiger partial charge is 0.756 e. The summed E-state index contributed by atoms with van der Waals surface area (Å²) >= 11 is 5.88. The molecule has 0 saturated heterocycles. The fourth-order valence-corrected chi connectivity index (χ4v) is 4.01. The van der Waals surface area contributed by atoms with Crippen molar-refractivity contribution >= 4 is 28.9 Å². The monoisotopic (exact) mass is 405 g/mol. The van der Waals surface area contributed by atoms with Gasteiger partial charge < -0.3 is 12.6 Å². The third kappa shape index (κ3) is 3.27. The van der Waals surface area contributed by atoms with Crippen LogP contribution in [-0.4, -0.2) is 9.61 Å². The fourth-order valence-electron chi connectivity index (χ4n) is 3.71. The van der Waals surface area contributed by atoms with Gasteiger partial charge >= 0.3 is 0 Å². The molecular weight excluding hydrogens is 386 g/mol. The van der Waals surface area contributed by atoms with Crippen molar-refractivity contribution in [3.63, 3.8) is 0 Å². The predicted molar refractivity (Wildman–Crippen MR) is 124 cm³/mol. The minimum Gasteiger partial charge on any atom is -0.756 e. The molecule has 0 spiro atoms. The third-order valence-electron chi connectivity index (χ3n) is 5.00. The number of benzene rings is 3. The lowest BCUT2D eigenvalue weighted by Crippen LogP contribution is -2.22. The van der Waals surface area contributed by atoms with Crippen LogP contribution in [0.15, 0.2) is 120 Å². The molecule has 2 heterocycles. The van der Waals surface area contributed by atoms with Crippen LogP contribution >= 0.6 is 0 Å². The van der Waals surface area contributed by atoms with Gasteiger partial charge in [-0.05, 0) is 53.6 Å². The van der Waals surface area contributed by atoms with E-state index in [9.17, 15) is 0 Å². The van der Waals surface area contributed by atoms with Crippen LogP contribution in [0.25, 0.3) is 22.6 Å². The first-order valence-electron chi connectivity index (χ1n) is 9.80. The molecule has 0 aliphatic carbocycles. The Kier molecular flexibility index (Phi) is 4.83. The molecule has 30 heavy (non-hydrogen) atoms. The molecule has 5 rings (SSSR count). The lowest BCUT2D eigenvalue weighted by molar-refractivity contribution is -0.499. The van der Waals surface area contributed by atoms with Gasteiger partial charge in [0, 0.05) is 0 Å². The van der Waals surface area contributed by atoms with E-state index in [0.29, 0.717) is 5.04 Å². The number of imidazole rings is 1. The van der Waals surface area contributed by atoms with Gasteiger partial charge in [0.15, 0.2) is 11.2 Å². The summed E-state index contributed by atoms with van der Waals surface area (Å²) in [5, 5.41) is 0.552. The summed E-state index contributed by atoms with van der Waals surface area (Å²) in [6.45, 7) is 0. The number of aromatic nitrogens is 2. The Morgan fingerprint density at radius 1 is 0.700 bits per heavy atom. The van der Waals surface area contributed by atoms with Crippen LogP contribution in [-0.2, 0) is 12.6 Å². The van der Waals surface area contributed by atoms with E-state index in [1.54, 1.807) is 0 Å². The molecule has 3 aromatic carbocycles. The standard InChI is InChI=1S/C26H19N3S/c30-25(27-21-14-6-2-7-15-21)24-23-18-10-11-19-28(23)26(20-12-4-1-5-13-20)29(24)22-16-8-3-9-17-22/h1-19H. The second kappa shape index (κ2) is 7.93. The lowest BCUT2D eigenvalue weighted by atomic mass is 10.2. The smallest absolute Gasteiger partial charge is 0.299 e. The molecule has 0 fully saturated rings. The Bertz CT molecular complexity index is 1320. The van der Waals surface area contributed by atoms with E-state index in [2.05, 4.69) is 57.6 Å². The molecule has 0 unspecified atom stereocenters. The maximum atomic E-state index is 5.88. The molecule has 2 aromatic heterocycles. The number of fused-ring (bicyclic) bond motifs is 1. The van der Waals surface area contributed by atoms with E-state index in [-0.39, 0.29) is 0 Å². The normalized spacial score (nSPS) is 11.7. The van der Waals surface area contributed by atoms with Gasteiger partial charge in [-0.25, -0.2) is 0 Å². The molecule has 0 amide bonds. The van der Waals surface area contributed by atoms with E-state index >= 15 is 0 Å². The first-order valence-corrected chi connectivity index (χ1v) is 10.2. The maximum absolute atomic E-state index is 5.88. The zero-order chi connectivity index (χ0) is 20.3. The highest BCUT2D eigenvalue weighted by atomic mass is 32.1. The second-order valence-corrected chi connectivity index (χ2v) is 7.30. The minimum absolute atomic E-state index is 0.552. The molecule has 144 valence electrons. The van der Waals surface area contributed by atoms with Gasteiger partial charge in [-0.2, -0.15) is 8.97 Å². The Balaban J connectivity index is 1.88. The maximum Gasteiger partial charge on any atom is 0.299 e. The van der Waals surface area contributed by atoms with Crippen molar-refractivity contribution in [3.05, 3.63) is 121 Å². The van der Waals surface area contributed by atoms with E-state index in [1.807, 2.05) is 66.7 Å². The highest BCUT2D eigenvalue weighted by molar-refractivity contribution is 7.78. The Hall–Kier alpha value is -3.76. The topological polar surface area (TPSA) is 21.4 Å². The van der Waals surface area contributed by atoms with Crippen LogP contribution in [0.2, 0.25) is 0 Å². The Morgan fingerprint density at radius 2 is 1.30 bits per heavy atom. The van der Waals surface area contributed by atoms with E-state index in [1.165, 1.54) is 0 Å². The summed E-state index contributed by atoms with van der Waals surface area (Å²) in [6, 6.07) is 36.7. The van der Waals surface area contributed by atoms with Gasteiger partial charge in [-0.1, -0.05) is 60.7 Å². The molecule has 0 bridgehead atoms. The minimum atomic E-state index is 0.552. The number of nitrogens with zero attached hydrogens (tertiary/aromatic N) is 3. The van der Waals surface area contributed by atoms with Crippen molar-refractivity contribution in [1.82, 2.24) is 4.57 Å². The molecule has 0 aliphatic heterocycles. The summed E-state index contributed by atoms with van der Waals surface area (Å²) in [5.41, 5.74) is 4.92. The third-order valence-corrected chi connectivity index (χ3v) is 5.29. The van der Waals surface area contributed by atoms with E-state index in [0.717, 1.165) is 34.0 Å². The van der Waals surface area contributed by atoms with Gasteiger partial charge in [0.05, 0.1) is 17.4 Å². The summed E-state index contributed by atoms with van der Waals surface area (Å²) in [5.74, 6) is 1.04. The first kappa shape index (κ1) is 18.3. The Labute approximate surface area is 181 Å². The number of aliphatic imine (C=N–C) groups is 1. The van der Waals surface area contributed by atoms with Crippen molar-refractivity contribution in [2.24, 2.45) is 4.99 Å². The van der Waals surface area contributed by atoms with E-state index < -0.39 is 0 Å². The lowest BCUT2D eigenvalue weighted by Gasteiger charge is -2.11. The number of hydrogen-bond donors (Lipinski definition) is 0. The first-order chi connectivity index (χ1) is 14.8. The molecule has 0 radical (unpaired) electrons. The van der Waals surface area contributed by atoms with Crippen LogP contribution < -0.4 is 4.40 Å². The number of para-hydroxylation sites is 2. The molecular formula is C26H19N3S. The SMILES string of the molecule is [S-]C(=Nc1ccccc1)c1c2cccc[n+]2c(-c2ccccc2)n1-c1ccccc1. The number of pyridine rings is 1. The summed E-state index contributed by atoms with van der Waals surface area (Å²) in [7, 11) is 0. The fraction of sp³-hybridized carbons (Fsp3) is 0. The van der Waals surface area contributed by atoms with Crippen LogP contribution in [0.5, 0.6) is 0 Å². The van der Waals surface area contributed by atoms with Crippen LogP contribution in [0.3, 0.4) is 0 Å². The highest BCUT2D eigenvalue weighted by Crippen LogP contribution is 2.27. The van der Waals surface area contributed by atoms with E-state index in [4.69, 9.17) is 17.6 Å². The Morgan fingerprint density at radius 3 is 2.00 bits per heavy atom. The quantitative estimate of drug-likeness (QED) is 0.167. The molecule has 4 heteroatoms. The van der Waals surface area contributed by atoms with Gasteiger partial charge in [0.2, 0.25) is 0 Å². The van der Waals surface area contributed by atoms with Crippen molar-refractivity contribution in [2.75, 3.05) is 0 Å². The second-order valence-electron chi connectivity index (χ2n) is 6.92. The van der Waals surface area contributed by atoms with Crippen molar-refractivity contribution < 1.29 is 4.40 Å². The van der Waals surface area contributed by atoms with Crippen LogP contribution in [0.1, 0.15) is 5.69 Å². The van der Waals surface area contributed by atoms with Gasteiger partial charge in [0.1, 0.15) is 5.69 Å². The van der Waals surface area contributed by atoms with Gasteiger partial charge in [-0.3, -0.25) is 4.99 Å². The number of hydrogen-bond acceptors (Lipinski definition) is 2. The van der Waals surface area contributed by atoms with Gasteiger partial charge in [0.25, 0.3) is 5.82 Å². The zero-order valence-corrected chi connectivity index (χ0v) is 17.0. The van der Waals surface area contributed by atoms with Crippen molar-refractivity contribution in [2.45, 2.75) is 0 Å². The average molecular weight is 406 g/mol. The zero-order valence-electron chi connectivity index (χ0n) is 16.2. The highest BCUT2D eigenvalue weighted by Gasteiger charge is 2.27. The molecule has 5 aromatic rings. The van der Waals surface area contributed by atoms with Gasteiger partial charge in [-0.15, -0.1) is 0 Å². The van der Waals surface area contributed by atoms with Crippen LogP contribution in [0.4, 0.5) is 5.69 Å². The summed E-state index contributed by atoms with van der Waals surface area (Å²) < 4.78 is 4.39. The summed E-state index contributed by atoms with van der Waals surface area (Å²) in [6.07, 6.45) is 2.08. The van der Waals surface area contributed by atoms with Crippen molar-refractivity contribution in [3.8, 4) is 17.1 Å².